The number of rotatable bonds is 8. The third-order valence-electron chi connectivity index (χ3n) is 3.87. The fraction of sp³-hybridized carbons (Fsp3) is 0.235. The van der Waals surface area contributed by atoms with Gasteiger partial charge in [0.15, 0.2) is 0 Å². The molecule has 1 heterocycles. The summed E-state index contributed by atoms with van der Waals surface area (Å²) in [6, 6.07) is 9.71. The van der Waals surface area contributed by atoms with Crippen molar-refractivity contribution in [2.75, 3.05) is 26.1 Å². The number of nitrogens with zero attached hydrogens (tertiary/aromatic N) is 2. The molecule has 1 aromatic heterocycles. The molecule has 0 unspecified atom stereocenters. The van der Waals surface area contributed by atoms with Crippen molar-refractivity contribution in [2.45, 2.75) is 11.3 Å². The van der Waals surface area contributed by atoms with Gasteiger partial charge in [0, 0.05) is 19.0 Å². The van der Waals surface area contributed by atoms with E-state index in [9.17, 15) is 13.2 Å². The summed E-state index contributed by atoms with van der Waals surface area (Å²) in [6.07, 6.45) is -0.0558. The fourth-order valence-corrected chi connectivity index (χ4v) is 4.29. The molecule has 3 rings (SSSR count). The highest BCUT2D eigenvalue weighted by Gasteiger charge is 2.19. The van der Waals surface area contributed by atoms with Crippen LogP contribution in [0.3, 0.4) is 0 Å². The molecule has 0 bridgehead atoms. The van der Waals surface area contributed by atoms with E-state index in [1.807, 2.05) is 0 Å². The zero-order valence-electron chi connectivity index (χ0n) is 15.1. The number of hydrogen-bond acceptors (Lipinski definition) is 8. The molecule has 0 fully saturated rings. The highest BCUT2D eigenvalue weighted by molar-refractivity contribution is 7.89. The minimum absolute atomic E-state index is 0.0379. The van der Waals surface area contributed by atoms with Gasteiger partial charge in [-0.15, -0.1) is 0 Å². The molecule has 0 saturated heterocycles. The van der Waals surface area contributed by atoms with Gasteiger partial charge >= 0.3 is 0 Å². The Balaban J connectivity index is 1.62. The SMILES string of the molecule is COc1ccc(NC(=O)CCNS(=O)(=O)c2cccc3nsnc23)c(OC)c1. The number of anilines is 1. The van der Waals surface area contributed by atoms with Crippen molar-refractivity contribution in [3.63, 3.8) is 0 Å². The second-order valence-corrected chi connectivity index (χ2v) is 7.91. The van der Waals surface area contributed by atoms with Gasteiger partial charge in [-0.1, -0.05) is 6.07 Å². The van der Waals surface area contributed by atoms with E-state index in [4.69, 9.17) is 9.47 Å². The van der Waals surface area contributed by atoms with Crippen molar-refractivity contribution < 1.29 is 22.7 Å². The maximum Gasteiger partial charge on any atom is 0.242 e. The molecular weight excluding hydrogens is 404 g/mol. The van der Waals surface area contributed by atoms with Crippen LogP contribution in [0.1, 0.15) is 6.42 Å². The zero-order valence-corrected chi connectivity index (χ0v) is 16.8. The summed E-state index contributed by atoms with van der Waals surface area (Å²) >= 11 is 0.942. The smallest absolute Gasteiger partial charge is 0.242 e. The Morgan fingerprint density at radius 2 is 1.96 bits per heavy atom. The van der Waals surface area contributed by atoms with Crippen molar-refractivity contribution in [3.8, 4) is 11.5 Å². The predicted octanol–water partition coefficient (Wildman–Crippen LogP) is 2.02. The highest BCUT2D eigenvalue weighted by atomic mass is 32.2. The van der Waals surface area contributed by atoms with Crippen LogP contribution in [0.4, 0.5) is 5.69 Å². The fourth-order valence-electron chi connectivity index (χ4n) is 2.49. The molecule has 2 aromatic carbocycles. The molecule has 1 amide bonds. The van der Waals surface area contributed by atoms with Gasteiger partial charge in [-0.3, -0.25) is 4.79 Å². The van der Waals surface area contributed by atoms with Gasteiger partial charge in [0.2, 0.25) is 15.9 Å². The Hall–Kier alpha value is -2.76. The first kappa shape index (κ1) is 20.0. The lowest BCUT2D eigenvalue weighted by Crippen LogP contribution is -2.28. The van der Waals surface area contributed by atoms with Crippen LogP contribution >= 0.6 is 11.7 Å². The van der Waals surface area contributed by atoms with Gasteiger partial charge in [0.05, 0.1) is 31.6 Å². The number of sulfonamides is 1. The Bertz CT molecular complexity index is 1100. The van der Waals surface area contributed by atoms with E-state index in [1.54, 1.807) is 30.3 Å². The summed E-state index contributed by atoms with van der Waals surface area (Å²) in [5.41, 5.74) is 1.29. The van der Waals surface area contributed by atoms with E-state index in [0.717, 1.165) is 11.7 Å². The quantitative estimate of drug-likeness (QED) is 0.570. The second kappa shape index (κ2) is 8.50. The topological polar surface area (TPSA) is 120 Å². The molecule has 11 heteroatoms. The molecule has 0 aliphatic rings. The van der Waals surface area contributed by atoms with Crippen LogP contribution in [0.15, 0.2) is 41.3 Å². The Kier molecular flexibility index (Phi) is 6.07. The van der Waals surface area contributed by atoms with Crippen LogP contribution in [-0.4, -0.2) is 43.8 Å². The van der Waals surface area contributed by atoms with Gasteiger partial charge in [0.25, 0.3) is 0 Å². The summed E-state index contributed by atoms with van der Waals surface area (Å²) in [6.45, 7) is -0.0689. The molecule has 28 heavy (non-hydrogen) atoms. The lowest BCUT2D eigenvalue weighted by atomic mass is 10.2. The van der Waals surface area contributed by atoms with Crippen LogP contribution in [0, 0.1) is 0 Å². The van der Waals surface area contributed by atoms with Crippen LogP contribution in [0.2, 0.25) is 0 Å². The Morgan fingerprint density at radius 1 is 1.14 bits per heavy atom. The summed E-state index contributed by atoms with van der Waals surface area (Å²) in [7, 11) is -0.806. The number of carbonyl (C=O) groups is 1. The first-order valence-corrected chi connectivity index (χ1v) is 10.4. The standard InChI is InChI=1S/C17H18N4O5S2/c1-25-11-6-7-12(14(10-11)26-2)19-16(22)8-9-18-28(23,24)15-5-3-4-13-17(15)21-27-20-13/h3-7,10,18H,8-9H2,1-2H3,(H,19,22). The maximum absolute atomic E-state index is 12.5. The normalized spacial score (nSPS) is 11.4. The number of fused-ring (bicyclic) bond motifs is 1. The molecule has 0 atom stereocenters. The van der Waals surface area contributed by atoms with E-state index in [-0.39, 0.29) is 23.8 Å². The molecule has 0 aliphatic carbocycles. The number of benzene rings is 2. The van der Waals surface area contributed by atoms with Crippen molar-refractivity contribution >= 4 is 44.4 Å². The molecule has 0 radical (unpaired) electrons. The van der Waals surface area contributed by atoms with E-state index in [1.165, 1.54) is 20.3 Å². The van der Waals surface area contributed by atoms with Crippen LogP contribution < -0.4 is 19.5 Å². The lowest BCUT2D eigenvalue weighted by Gasteiger charge is -2.12. The van der Waals surface area contributed by atoms with E-state index in [2.05, 4.69) is 18.8 Å². The number of nitrogens with one attached hydrogen (secondary N) is 2. The lowest BCUT2D eigenvalue weighted by molar-refractivity contribution is -0.116. The largest absolute Gasteiger partial charge is 0.497 e. The van der Waals surface area contributed by atoms with Gasteiger partial charge in [-0.05, 0) is 24.3 Å². The molecule has 0 saturated carbocycles. The first-order valence-electron chi connectivity index (χ1n) is 8.17. The van der Waals surface area contributed by atoms with Crippen molar-refractivity contribution in [3.05, 3.63) is 36.4 Å². The summed E-state index contributed by atoms with van der Waals surface area (Å²) in [5, 5.41) is 2.69. The first-order chi connectivity index (χ1) is 13.4. The number of ether oxygens (including phenoxy) is 2. The molecule has 9 nitrogen and oxygen atoms in total. The van der Waals surface area contributed by atoms with E-state index in [0.29, 0.717) is 28.2 Å². The molecule has 0 aliphatic heterocycles. The van der Waals surface area contributed by atoms with Crippen molar-refractivity contribution in [1.82, 2.24) is 13.5 Å². The van der Waals surface area contributed by atoms with E-state index >= 15 is 0 Å². The zero-order chi connectivity index (χ0) is 20.1. The van der Waals surface area contributed by atoms with Gasteiger partial charge in [0.1, 0.15) is 27.4 Å². The van der Waals surface area contributed by atoms with Gasteiger partial charge in [-0.2, -0.15) is 8.75 Å². The monoisotopic (exact) mass is 422 g/mol. The number of amides is 1. The van der Waals surface area contributed by atoms with Crippen molar-refractivity contribution in [1.29, 1.82) is 0 Å². The molecule has 148 valence electrons. The minimum atomic E-state index is -3.81. The highest BCUT2D eigenvalue weighted by Crippen LogP contribution is 2.29. The number of hydrogen-bond donors (Lipinski definition) is 2. The number of carbonyl (C=O) groups excluding carboxylic acids is 1. The third-order valence-corrected chi connectivity index (χ3v) is 5.90. The van der Waals surface area contributed by atoms with Crippen LogP contribution in [0.5, 0.6) is 11.5 Å². The Labute approximate surface area is 166 Å². The maximum atomic E-state index is 12.5. The number of methoxy groups -OCH3 is 2. The van der Waals surface area contributed by atoms with Crippen LogP contribution in [0.25, 0.3) is 11.0 Å². The average Bonchev–Trinajstić information content (AvgIpc) is 3.16. The number of aromatic nitrogens is 2. The minimum Gasteiger partial charge on any atom is -0.497 e. The second-order valence-electron chi connectivity index (χ2n) is 5.65. The van der Waals surface area contributed by atoms with Crippen molar-refractivity contribution in [2.24, 2.45) is 0 Å². The summed E-state index contributed by atoms with van der Waals surface area (Å²) < 4.78 is 45.8. The average molecular weight is 422 g/mol. The summed E-state index contributed by atoms with van der Waals surface area (Å²) in [5.74, 6) is 0.670. The van der Waals surface area contributed by atoms with Gasteiger partial charge in [-0.25, -0.2) is 13.1 Å². The third kappa shape index (κ3) is 4.38. The molecule has 0 spiro atoms. The van der Waals surface area contributed by atoms with Crippen LogP contribution in [-0.2, 0) is 14.8 Å². The summed E-state index contributed by atoms with van der Waals surface area (Å²) in [4.78, 5) is 12.2. The molecule has 2 N–H and O–H groups in total. The van der Waals surface area contributed by atoms with E-state index < -0.39 is 10.0 Å². The molecular formula is C17H18N4O5S2. The predicted molar refractivity (Wildman–Crippen MR) is 105 cm³/mol. The Morgan fingerprint density at radius 3 is 2.71 bits per heavy atom. The van der Waals surface area contributed by atoms with Gasteiger partial charge < -0.3 is 14.8 Å². The molecule has 3 aromatic rings.